The number of aromatic carboxylic acids is 1. The summed E-state index contributed by atoms with van der Waals surface area (Å²) in [6.45, 7) is -0.622. The van der Waals surface area contributed by atoms with Crippen LogP contribution in [0.15, 0.2) is 62.5 Å². The molecule has 3 aromatic carbocycles. The summed E-state index contributed by atoms with van der Waals surface area (Å²) in [4.78, 5) is 31.9. The molecule has 21 heteroatoms. The van der Waals surface area contributed by atoms with Crippen molar-refractivity contribution in [2.24, 2.45) is 10.2 Å². The Hall–Kier alpha value is -5.51. The van der Waals surface area contributed by atoms with E-state index in [9.17, 15) is 45.7 Å². The first-order valence-corrected chi connectivity index (χ1v) is 14.2. The minimum absolute atomic E-state index is 0.252. The molecular weight excluding hydrogens is 616 g/mol. The van der Waals surface area contributed by atoms with Gasteiger partial charge in [-0.3, -0.25) is 13.9 Å². The van der Waals surface area contributed by atoms with Crippen LogP contribution in [-0.4, -0.2) is 74.7 Å². The van der Waals surface area contributed by atoms with Crippen molar-refractivity contribution in [3.8, 4) is 5.75 Å². The molecular formula is C22H18N8O11S2. The number of nitrogens with two attached hydrogens (primary N) is 1. The summed E-state index contributed by atoms with van der Waals surface area (Å²) in [5.74, 6) is -4.84. The van der Waals surface area contributed by atoms with Crippen molar-refractivity contribution >= 4 is 77.9 Å². The highest BCUT2D eigenvalue weighted by Gasteiger charge is 2.26. The molecule has 0 unspecified atom stereocenters. The summed E-state index contributed by atoms with van der Waals surface area (Å²) in [6, 6.07) is 7.49. The lowest BCUT2D eigenvalue weighted by atomic mass is 10.1. The molecule has 0 amide bonds. The predicted molar refractivity (Wildman–Crippen MR) is 146 cm³/mol. The third-order valence-electron chi connectivity index (χ3n) is 5.39. The second-order valence-corrected chi connectivity index (χ2v) is 11.1. The van der Waals surface area contributed by atoms with E-state index < -0.39 is 71.8 Å². The van der Waals surface area contributed by atoms with E-state index in [1.807, 2.05) is 0 Å². The average molecular weight is 635 g/mol. The Morgan fingerprint density at radius 3 is 2.21 bits per heavy atom. The first-order chi connectivity index (χ1) is 20.0. The van der Waals surface area contributed by atoms with Crippen LogP contribution in [0.2, 0.25) is 0 Å². The summed E-state index contributed by atoms with van der Waals surface area (Å²) in [5, 5.41) is 41.0. The zero-order valence-corrected chi connectivity index (χ0v) is 22.7. The van der Waals surface area contributed by atoms with Crippen molar-refractivity contribution in [3.05, 3.63) is 48.0 Å². The zero-order valence-electron chi connectivity index (χ0n) is 21.1. The van der Waals surface area contributed by atoms with Crippen molar-refractivity contribution < 1.29 is 50.8 Å². The maximum absolute atomic E-state index is 12.3. The molecule has 0 radical (unpaired) electrons. The fraction of sp³-hybridized carbons (Fsp3) is 0.0455. The summed E-state index contributed by atoms with van der Waals surface area (Å²) < 4.78 is 68.1. The van der Waals surface area contributed by atoms with Gasteiger partial charge in [0.2, 0.25) is 17.8 Å². The lowest BCUT2D eigenvalue weighted by Crippen LogP contribution is -2.16. The molecule has 0 saturated heterocycles. The van der Waals surface area contributed by atoms with Crippen molar-refractivity contribution in [1.82, 2.24) is 15.0 Å². The van der Waals surface area contributed by atoms with E-state index in [0.29, 0.717) is 6.07 Å². The fourth-order valence-electron chi connectivity index (χ4n) is 3.65. The van der Waals surface area contributed by atoms with E-state index in [1.54, 1.807) is 0 Å². The van der Waals surface area contributed by atoms with Gasteiger partial charge in [-0.15, -0.1) is 10.2 Å². The molecule has 0 spiro atoms. The first kappa shape index (κ1) is 30.4. The standard InChI is InChI=1S/C22H18N8O11S2/c23-20-26-21(24-8-15(31)32)28-22(27-20)25-13-7-10(42(36,37)38)5-9-6-14(43(39,40)41)17(18(33)16(9)13)30-29-12-4-2-1-3-11(12)19(34)35/h1-7,33H,8H2,(H,31,32)(H,34,35)(H,36,37,38)(H,39,40,41)(H4,23,24,25,26,27,28). The highest BCUT2D eigenvalue weighted by atomic mass is 32.2. The Labute approximate surface area is 240 Å². The van der Waals surface area contributed by atoms with Gasteiger partial charge in [0.15, 0.2) is 5.75 Å². The number of carboxylic acid groups (broad SMARTS) is 2. The molecule has 224 valence electrons. The van der Waals surface area contributed by atoms with Gasteiger partial charge in [-0.1, -0.05) is 12.1 Å². The van der Waals surface area contributed by atoms with Crippen molar-refractivity contribution in [2.75, 3.05) is 22.9 Å². The maximum Gasteiger partial charge on any atom is 0.337 e. The van der Waals surface area contributed by atoms with Gasteiger partial charge in [-0.2, -0.15) is 31.8 Å². The van der Waals surface area contributed by atoms with E-state index in [1.165, 1.54) is 24.3 Å². The number of nitrogens with zero attached hydrogens (tertiary/aromatic N) is 5. The number of carboxylic acids is 2. The molecule has 0 aliphatic rings. The van der Waals surface area contributed by atoms with Crippen LogP contribution in [0.5, 0.6) is 5.75 Å². The number of carbonyl (C=O) groups is 2. The molecule has 19 nitrogen and oxygen atoms in total. The minimum atomic E-state index is -5.19. The summed E-state index contributed by atoms with van der Waals surface area (Å²) in [5.41, 5.74) is 3.79. The van der Waals surface area contributed by atoms with Gasteiger partial charge in [0.25, 0.3) is 20.2 Å². The van der Waals surface area contributed by atoms with Crippen LogP contribution in [0.4, 0.5) is 34.9 Å². The smallest absolute Gasteiger partial charge is 0.337 e. The molecule has 4 rings (SSSR count). The highest BCUT2D eigenvalue weighted by molar-refractivity contribution is 7.86. The fourth-order valence-corrected chi connectivity index (χ4v) is 4.85. The molecule has 0 atom stereocenters. The molecule has 0 saturated carbocycles. The van der Waals surface area contributed by atoms with Crippen LogP contribution < -0.4 is 16.4 Å². The number of aliphatic carboxylic acids is 1. The van der Waals surface area contributed by atoms with Crippen molar-refractivity contribution in [1.29, 1.82) is 0 Å². The monoisotopic (exact) mass is 634 g/mol. The van der Waals surface area contributed by atoms with Gasteiger partial charge < -0.3 is 31.7 Å². The third-order valence-corrected chi connectivity index (χ3v) is 7.09. The lowest BCUT2D eigenvalue weighted by molar-refractivity contribution is -0.134. The second kappa shape index (κ2) is 11.4. The lowest BCUT2D eigenvalue weighted by Gasteiger charge is -2.15. The van der Waals surface area contributed by atoms with E-state index in [0.717, 1.165) is 12.1 Å². The Kier molecular flexibility index (Phi) is 8.07. The molecule has 0 aliphatic heterocycles. The number of phenols is 1. The Morgan fingerprint density at radius 1 is 0.907 bits per heavy atom. The van der Waals surface area contributed by atoms with Crippen molar-refractivity contribution in [2.45, 2.75) is 9.79 Å². The second-order valence-electron chi connectivity index (χ2n) is 8.33. The molecule has 43 heavy (non-hydrogen) atoms. The SMILES string of the molecule is Nc1nc(NCC(=O)O)nc(Nc2cc(S(=O)(=O)O)cc3cc(S(=O)(=O)O)c(N=Nc4ccccc4C(=O)O)c(O)c23)n1. The number of phenolic OH excluding ortho intramolecular Hbond substituents is 1. The van der Waals surface area contributed by atoms with Gasteiger partial charge in [0.1, 0.15) is 22.8 Å². The molecule has 0 fully saturated rings. The van der Waals surface area contributed by atoms with Crippen LogP contribution in [-0.2, 0) is 25.0 Å². The number of fused-ring (bicyclic) bond motifs is 1. The Balaban J connectivity index is 1.99. The number of benzene rings is 3. The number of rotatable bonds is 10. The molecule has 0 bridgehead atoms. The van der Waals surface area contributed by atoms with Crippen LogP contribution in [0, 0.1) is 0 Å². The predicted octanol–water partition coefficient (Wildman–Crippen LogP) is 2.16. The zero-order chi connectivity index (χ0) is 31.7. The number of nitrogen functional groups attached to an aromatic ring is 1. The van der Waals surface area contributed by atoms with Crippen LogP contribution in [0.1, 0.15) is 10.4 Å². The van der Waals surface area contributed by atoms with Gasteiger partial charge in [-0.05, 0) is 35.7 Å². The molecule has 0 aliphatic carbocycles. The van der Waals surface area contributed by atoms with E-state index in [2.05, 4.69) is 35.8 Å². The minimum Gasteiger partial charge on any atom is -0.505 e. The molecule has 1 heterocycles. The van der Waals surface area contributed by atoms with E-state index in [-0.39, 0.29) is 33.7 Å². The maximum atomic E-state index is 12.3. The van der Waals surface area contributed by atoms with Gasteiger partial charge in [0.05, 0.1) is 16.1 Å². The number of azo groups is 1. The number of aromatic nitrogens is 3. The highest BCUT2D eigenvalue weighted by Crippen LogP contribution is 2.45. The molecule has 9 N–H and O–H groups in total. The van der Waals surface area contributed by atoms with Gasteiger partial charge in [-0.25, -0.2) is 4.79 Å². The Morgan fingerprint density at radius 2 is 1.58 bits per heavy atom. The van der Waals surface area contributed by atoms with Crippen molar-refractivity contribution in [3.63, 3.8) is 0 Å². The van der Waals surface area contributed by atoms with Gasteiger partial charge >= 0.3 is 11.9 Å². The van der Waals surface area contributed by atoms with E-state index in [4.69, 9.17) is 10.8 Å². The van der Waals surface area contributed by atoms with E-state index >= 15 is 0 Å². The number of hydrogen-bond acceptors (Lipinski definition) is 15. The van der Waals surface area contributed by atoms with Crippen LogP contribution in [0.3, 0.4) is 0 Å². The molecule has 4 aromatic rings. The number of aromatic hydroxyl groups is 1. The molecule has 1 aromatic heterocycles. The number of nitrogens with one attached hydrogen (secondary N) is 2. The number of anilines is 4. The summed E-state index contributed by atoms with van der Waals surface area (Å²) >= 11 is 0. The third kappa shape index (κ3) is 6.87. The summed E-state index contributed by atoms with van der Waals surface area (Å²) in [6.07, 6.45) is 0. The average Bonchev–Trinajstić information content (AvgIpc) is 2.89. The van der Waals surface area contributed by atoms with Crippen LogP contribution >= 0.6 is 0 Å². The largest absolute Gasteiger partial charge is 0.505 e. The topological polar surface area (TPSA) is 317 Å². The normalized spacial score (nSPS) is 12.0. The van der Waals surface area contributed by atoms with Gasteiger partial charge in [0, 0.05) is 5.39 Å². The Bertz CT molecular complexity index is 2050. The first-order valence-electron chi connectivity index (χ1n) is 11.3. The number of hydrogen-bond donors (Lipinski definition) is 8. The summed E-state index contributed by atoms with van der Waals surface area (Å²) in [7, 11) is -10.2. The quantitative estimate of drug-likeness (QED) is 0.0914. The van der Waals surface area contributed by atoms with Crippen LogP contribution in [0.25, 0.3) is 10.8 Å².